The van der Waals surface area contributed by atoms with E-state index < -0.39 is 0 Å². The lowest BCUT2D eigenvalue weighted by molar-refractivity contribution is 0.529. The minimum Gasteiger partial charge on any atom is -0.356 e. The Hall–Kier alpha value is -1.87. The molecule has 0 amide bonds. The van der Waals surface area contributed by atoms with Crippen LogP contribution in [0.25, 0.3) is 0 Å². The molecule has 2 aromatic carbocycles. The summed E-state index contributed by atoms with van der Waals surface area (Å²) >= 11 is 5.51. The molecule has 2 N–H and O–H groups in total. The summed E-state index contributed by atoms with van der Waals surface area (Å²) in [5, 5.41) is 7.49. The van der Waals surface area contributed by atoms with Gasteiger partial charge < -0.3 is 10.6 Å². The standard InChI is InChI=1S/C20H24N2S/c1-14(2)15-10-12-17(13-11-15)21-20(23)22-19-9-5-7-16-6-3-4-8-18(16)19/h3-4,6,8,10-14,19H,5,7,9H2,1-2H3,(H2,21,22,23). The molecular weight excluding hydrogens is 300 g/mol. The van der Waals surface area contributed by atoms with Crippen LogP contribution in [0.2, 0.25) is 0 Å². The molecule has 0 saturated heterocycles. The van der Waals surface area contributed by atoms with Crippen molar-refractivity contribution >= 4 is 23.0 Å². The summed E-state index contributed by atoms with van der Waals surface area (Å²) in [5.41, 5.74) is 5.21. The third-order valence-corrected chi connectivity index (χ3v) is 4.73. The van der Waals surface area contributed by atoms with Crippen molar-refractivity contribution in [3.05, 3.63) is 65.2 Å². The van der Waals surface area contributed by atoms with Crippen molar-refractivity contribution in [3.8, 4) is 0 Å². The van der Waals surface area contributed by atoms with Crippen LogP contribution in [-0.2, 0) is 6.42 Å². The van der Waals surface area contributed by atoms with E-state index in [2.05, 4.69) is 73.0 Å². The summed E-state index contributed by atoms with van der Waals surface area (Å²) in [5.74, 6) is 0.549. The van der Waals surface area contributed by atoms with E-state index in [0.717, 1.165) is 12.1 Å². The number of hydrogen-bond donors (Lipinski definition) is 2. The topological polar surface area (TPSA) is 24.1 Å². The minimum atomic E-state index is 0.315. The molecule has 0 bridgehead atoms. The molecule has 2 aromatic rings. The van der Waals surface area contributed by atoms with Gasteiger partial charge in [0.2, 0.25) is 0 Å². The molecule has 1 unspecified atom stereocenters. The molecule has 120 valence electrons. The zero-order valence-corrected chi connectivity index (χ0v) is 14.6. The number of rotatable bonds is 3. The number of fused-ring (bicyclic) bond motifs is 1. The van der Waals surface area contributed by atoms with Crippen LogP contribution in [0.15, 0.2) is 48.5 Å². The Morgan fingerprint density at radius 1 is 1.09 bits per heavy atom. The fraction of sp³-hybridized carbons (Fsp3) is 0.350. The number of thiocarbonyl (C=S) groups is 1. The van der Waals surface area contributed by atoms with E-state index in [-0.39, 0.29) is 0 Å². The molecule has 0 heterocycles. The monoisotopic (exact) mass is 324 g/mol. The second kappa shape index (κ2) is 7.14. The molecule has 3 rings (SSSR count). The molecule has 0 radical (unpaired) electrons. The lowest BCUT2D eigenvalue weighted by atomic mass is 9.88. The Kier molecular flexibility index (Phi) is 4.97. The van der Waals surface area contributed by atoms with E-state index in [0.29, 0.717) is 17.1 Å². The van der Waals surface area contributed by atoms with Crippen molar-refractivity contribution in [2.75, 3.05) is 5.32 Å². The Labute approximate surface area is 144 Å². The average molecular weight is 324 g/mol. The van der Waals surface area contributed by atoms with Gasteiger partial charge in [-0.05, 0) is 66.2 Å². The fourth-order valence-electron chi connectivity index (χ4n) is 3.18. The maximum absolute atomic E-state index is 5.51. The van der Waals surface area contributed by atoms with Crippen LogP contribution in [0.4, 0.5) is 5.69 Å². The Balaban J connectivity index is 1.64. The Bertz CT molecular complexity index is 676. The third kappa shape index (κ3) is 3.91. The lowest BCUT2D eigenvalue weighted by Gasteiger charge is -2.27. The number of hydrogen-bond acceptors (Lipinski definition) is 1. The molecule has 23 heavy (non-hydrogen) atoms. The molecule has 1 aliphatic rings. The second-order valence-corrected chi connectivity index (χ2v) is 6.93. The van der Waals surface area contributed by atoms with Crippen LogP contribution < -0.4 is 10.6 Å². The van der Waals surface area contributed by atoms with Gasteiger partial charge in [-0.1, -0.05) is 50.2 Å². The molecule has 1 atom stereocenters. The number of anilines is 1. The summed E-state index contributed by atoms with van der Waals surface area (Å²) in [6.45, 7) is 4.41. The highest BCUT2D eigenvalue weighted by Crippen LogP contribution is 2.29. The third-order valence-electron chi connectivity index (χ3n) is 4.51. The van der Waals surface area contributed by atoms with E-state index in [1.54, 1.807) is 0 Å². The van der Waals surface area contributed by atoms with Gasteiger partial charge in [0.25, 0.3) is 0 Å². The molecule has 0 saturated carbocycles. The summed E-state index contributed by atoms with van der Waals surface area (Å²) in [4.78, 5) is 0. The molecule has 2 nitrogen and oxygen atoms in total. The largest absolute Gasteiger partial charge is 0.356 e. The first-order valence-corrected chi connectivity index (χ1v) is 8.79. The van der Waals surface area contributed by atoms with Gasteiger partial charge in [0.15, 0.2) is 5.11 Å². The highest BCUT2D eigenvalue weighted by Gasteiger charge is 2.20. The van der Waals surface area contributed by atoms with Crippen LogP contribution >= 0.6 is 12.2 Å². The predicted octanol–water partition coefficient (Wildman–Crippen LogP) is 5.17. The van der Waals surface area contributed by atoms with Crippen LogP contribution in [0.3, 0.4) is 0 Å². The maximum Gasteiger partial charge on any atom is 0.171 e. The van der Waals surface area contributed by atoms with Gasteiger partial charge in [0.05, 0.1) is 6.04 Å². The van der Waals surface area contributed by atoms with E-state index in [9.17, 15) is 0 Å². The second-order valence-electron chi connectivity index (χ2n) is 6.52. The van der Waals surface area contributed by atoms with Gasteiger partial charge in [0, 0.05) is 5.69 Å². The van der Waals surface area contributed by atoms with Gasteiger partial charge in [0.1, 0.15) is 0 Å². The molecule has 1 aliphatic carbocycles. The van der Waals surface area contributed by atoms with Crippen LogP contribution in [-0.4, -0.2) is 5.11 Å². The zero-order valence-electron chi connectivity index (χ0n) is 13.8. The van der Waals surface area contributed by atoms with Crippen LogP contribution in [0, 0.1) is 0 Å². The summed E-state index contributed by atoms with van der Waals surface area (Å²) in [6, 6.07) is 17.5. The first kappa shape index (κ1) is 16.0. The van der Waals surface area contributed by atoms with Gasteiger partial charge in [-0.2, -0.15) is 0 Å². The first-order chi connectivity index (χ1) is 11.1. The quantitative estimate of drug-likeness (QED) is 0.761. The Morgan fingerprint density at radius 2 is 1.83 bits per heavy atom. The van der Waals surface area contributed by atoms with Crippen molar-refractivity contribution in [1.82, 2.24) is 5.32 Å². The minimum absolute atomic E-state index is 0.315. The van der Waals surface area contributed by atoms with Gasteiger partial charge in [-0.25, -0.2) is 0 Å². The van der Waals surface area contributed by atoms with Crippen molar-refractivity contribution < 1.29 is 0 Å². The molecule has 0 aliphatic heterocycles. The van der Waals surface area contributed by atoms with Gasteiger partial charge >= 0.3 is 0 Å². The average Bonchev–Trinajstić information content (AvgIpc) is 2.55. The number of aryl methyl sites for hydroxylation is 1. The zero-order chi connectivity index (χ0) is 16.2. The number of benzene rings is 2. The number of nitrogens with one attached hydrogen (secondary N) is 2. The van der Waals surface area contributed by atoms with E-state index >= 15 is 0 Å². The lowest BCUT2D eigenvalue weighted by Crippen LogP contribution is -2.34. The van der Waals surface area contributed by atoms with Gasteiger partial charge in [-0.3, -0.25) is 0 Å². The highest BCUT2D eigenvalue weighted by atomic mass is 32.1. The van der Waals surface area contributed by atoms with Crippen LogP contribution in [0.1, 0.15) is 55.3 Å². The molecule has 0 fully saturated rings. The molecular formula is C20H24N2S. The summed E-state index contributed by atoms with van der Waals surface area (Å²) in [7, 11) is 0. The van der Waals surface area contributed by atoms with E-state index in [1.807, 2.05) is 0 Å². The normalized spacial score (nSPS) is 16.7. The van der Waals surface area contributed by atoms with Gasteiger partial charge in [-0.15, -0.1) is 0 Å². The van der Waals surface area contributed by atoms with Crippen molar-refractivity contribution in [1.29, 1.82) is 0 Å². The SMILES string of the molecule is CC(C)c1ccc(NC(=S)NC2CCCc3ccccc32)cc1. The van der Waals surface area contributed by atoms with Crippen molar-refractivity contribution in [3.63, 3.8) is 0 Å². The molecule has 0 aromatic heterocycles. The molecule has 0 spiro atoms. The van der Waals surface area contributed by atoms with E-state index in [1.165, 1.54) is 29.5 Å². The summed E-state index contributed by atoms with van der Waals surface area (Å²) < 4.78 is 0. The smallest absolute Gasteiger partial charge is 0.171 e. The molecule has 3 heteroatoms. The van der Waals surface area contributed by atoms with Crippen molar-refractivity contribution in [2.24, 2.45) is 0 Å². The summed E-state index contributed by atoms with van der Waals surface area (Å²) in [6.07, 6.45) is 3.51. The highest BCUT2D eigenvalue weighted by molar-refractivity contribution is 7.80. The van der Waals surface area contributed by atoms with E-state index in [4.69, 9.17) is 12.2 Å². The first-order valence-electron chi connectivity index (χ1n) is 8.39. The fourth-order valence-corrected chi connectivity index (χ4v) is 3.44. The predicted molar refractivity (Wildman–Crippen MR) is 102 cm³/mol. The van der Waals surface area contributed by atoms with Crippen molar-refractivity contribution in [2.45, 2.75) is 45.1 Å². The van der Waals surface area contributed by atoms with Crippen LogP contribution in [0.5, 0.6) is 0 Å². The maximum atomic E-state index is 5.51. The Morgan fingerprint density at radius 3 is 2.57 bits per heavy atom.